The summed E-state index contributed by atoms with van der Waals surface area (Å²) in [6, 6.07) is 16.8. The quantitative estimate of drug-likeness (QED) is 0.538. The Hall–Kier alpha value is -2.44. The summed E-state index contributed by atoms with van der Waals surface area (Å²) < 4.78 is 5.76. The van der Waals surface area contributed by atoms with Gasteiger partial charge in [0.05, 0.1) is 4.92 Å². The van der Waals surface area contributed by atoms with E-state index in [9.17, 15) is 10.1 Å². The predicted molar refractivity (Wildman–Crippen MR) is 102 cm³/mol. The van der Waals surface area contributed by atoms with E-state index in [2.05, 4.69) is 9.80 Å². The van der Waals surface area contributed by atoms with E-state index in [1.165, 1.54) is 0 Å². The summed E-state index contributed by atoms with van der Waals surface area (Å²) >= 11 is 0. The van der Waals surface area contributed by atoms with Crippen LogP contribution in [0.5, 0.6) is 5.75 Å². The van der Waals surface area contributed by atoms with Crippen molar-refractivity contribution in [2.24, 2.45) is 0 Å². The minimum atomic E-state index is -0.357. The maximum Gasteiger partial charge on any atom is 0.269 e. The van der Waals surface area contributed by atoms with E-state index in [1.54, 1.807) is 12.1 Å². The Balaban J connectivity index is 1.32. The van der Waals surface area contributed by atoms with E-state index < -0.39 is 0 Å². The third kappa shape index (κ3) is 5.54. The van der Waals surface area contributed by atoms with E-state index in [0.717, 1.165) is 57.0 Å². The van der Waals surface area contributed by atoms with Crippen LogP contribution in [0.3, 0.4) is 0 Å². The van der Waals surface area contributed by atoms with E-state index >= 15 is 0 Å². The highest BCUT2D eigenvalue weighted by Crippen LogP contribution is 2.13. The molecule has 0 saturated carbocycles. The molecule has 1 fully saturated rings. The third-order valence-corrected chi connectivity index (χ3v) is 4.75. The van der Waals surface area contributed by atoms with Crippen molar-refractivity contribution in [3.8, 4) is 5.75 Å². The molecule has 0 bridgehead atoms. The molecular formula is C20H25N3O3. The van der Waals surface area contributed by atoms with Gasteiger partial charge in [-0.3, -0.25) is 15.0 Å². The van der Waals surface area contributed by atoms with Crippen molar-refractivity contribution in [2.75, 3.05) is 45.9 Å². The number of ether oxygens (including phenoxy) is 1. The van der Waals surface area contributed by atoms with Gasteiger partial charge in [-0.25, -0.2) is 0 Å². The maximum absolute atomic E-state index is 10.7. The minimum Gasteiger partial charge on any atom is -0.492 e. The fourth-order valence-electron chi connectivity index (χ4n) is 3.12. The van der Waals surface area contributed by atoms with Gasteiger partial charge in [0.1, 0.15) is 12.4 Å². The van der Waals surface area contributed by atoms with Crippen LogP contribution in [0, 0.1) is 10.1 Å². The highest BCUT2D eigenvalue weighted by molar-refractivity contribution is 5.32. The van der Waals surface area contributed by atoms with Gasteiger partial charge >= 0.3 is 0 Å². The summed E-state index contributed by atoms with van der Waals surface area (Å²) in [5.41, 5.74) is 1.30. The lowest BCUT2D eigenvalue weighted by atomic mass is 10.1. The zero-order chi connectivity index (χ0) is 18.2. The van der Waals surface area contributed by atoms with E-state index in [4.69, 9.17) is 4.74 Å². The van der Waals surface area contributed by atoms with Crippen molar-refractivity contribution >= 4 is 5.69 Å². The van der Waals surface area contributed by atoms with E-state index in [1.807, 2.05) is 42.5 Å². The van der Waals surface area contributed by atoms with Crippen molar-refractivity contribution in [1.82, 2.24) is 9.80 Å². The van der Waals surface area contributed by atoms with Gasteiger partial charge in [-0.1, -0.05) is 30.3 Å². The Labute approximate surface area is 154 Å². The zero-order valence-corrected chi connectivity index (χ0v) is 14.9. The Morgan fingerprint density at radius 2 is 1.50 bits per heavy atom. The predicted octanol–water partition coefficient (Wildman–Crippen LogP) is 2.83. The number of hydrogen-bond donors (Lipinski definition) is 0. The Bertz CT molecular complexity index is 683. The number of nitro groups is 1. The molecule has 0 amide bonds. The lowest BCUT2D eigenvalue weighted by Gasteiger charge is -2.34. The number of nitrogens with zero attached hydrogens (tertiary/aromatic N) is 3. The average molecular weight is 355 g/mol. The molecule has 0 atom stereocenters. The number of hydrogen-bond acceptors (Lipinski definition) is 5. The van der Waals surface area contributed by atoms with Crippen LogP contribution in [0.2, 0.25) is 0 Å². The average Bonchev–Trinajstić information content (AvgIpc) is 2.68. The molecule has 2 aromatic carbocycles. The Kier molecular flexibility index (Phi) is 6.57. The number of piperazine rings is 1. The summed E-state index contributed by atoms with van der Waals surface area (Å²) in [6.45, 7) is 6.87. The van der Waals surface area contributed by atoms with Crippen LogP contribution in [0.15, 0.2) is 54.6 Å². The summed E-state index contributed by atoms with van der Waals surface area (Å²) in [5, 5.41) is 10.7. The molecule has 3 rings (SSSR count). The maximum atomic E-state index is 10.7. The van der Waals surface area contributed by atoms with Crippen LogP contribution in [-0.2, 0) is 6.42 Å². The van der Waals surface area contributed by atoms with Crippen molar-refractivity contribution in [3.63, 3.8) is 0 Å². The molecule has 0 unspecified atom stereocenters. The first kappa shape index (κ1) is 18.4. The first-order chi connectivity index (χ1) is 12.7. The van der Waals surface area contributed by atoms with Gasteiger partial charge < -0.3 is 9.64 Å². The molecule has 1 saturated heterocycles. The number of nitro benzene ring substituents is 1. The largest absolute Gasteiger partial charge is 0.492 e. The minimum absolute atomic E-state index is 0.153. The smallest absolute Gasteiger partial charge is 0.269 e. The fourth-order valence-corrected chi connectivity index (χ4v) is 3.12. The van der Waals surface area contributed by atoms with Crippen LogP contribution in [-0.4, -0.2) is 60.6 Å². The number of rotatable bonds is 8. The standard InChI is InChI=1S/C20H25N3O3/c24-23(25)19-8-6-18(7-9-19)10-11-21-12-14-22(15-13-21)16-17-26-20-4-2-1-3-5-20/h1-9H,10-17H2. The van der Waals surface area contributed by atoms with Gasteiger partial charge in [-0.15, -0.1) is 0 Å². The summed E-state index contributed by atoms with van der Waals surface area (Å²) in [5.74, 6) is 0.925. The van der Waals surface area contributed by atoms with Crippen LogP contribution in [0.1, 0.15) is 5.56 Å². The zero-order valence-electron chi connectivity index (χ0n) is 14.9. The SMILES string of the molecule is O=[N+]([O-])c1ccc(CCN2CCN(CCOc3ccccc3)CC2)cc1. The molecule has 6 nitrogen and oxygen atoms in total. The molecule has 2 aromatic rings. The molecule has 0 spiro atoms. The molecule has 1 aliphatic heterocycles. The van der Waals surface area contributed by atoms with Crippen LogP contribution >= 0.6 is 0 Å². The Morgan fingerprint density at radius 1 is 0.885 bits per heavy atom. The highest BCUT2D eigenvalue weighted by Gasteiger charge is 2.16. The Morgan fingerprint density at radius 3 is 2.12 bits per heavy atom. The van der Waals surface area contributed by atoms with Gasteiger partial charge in [0.25, 0.3) is 5.69 Å². The topological polar surface area (TPSA) is 58.9 Å². The lowest BCUT2D eigenvalue weighted by Crippen LogP contribution is -2.47. The second-order valence-electron chi connectivity index (χ2n) is 6.52. The van der Waals surface area contributed by atoms with Gasteiger partial charge in [0.15, 0.2) is 0 Å². The number of para-hydroxylation sites is 1. The monoisotopic (exact) mass is 355 g/mol. The first-order valence-corrected chi connectivity index (χ1v) is 9.06. The first-order valence-electron chi connectivity index (χ1n) is 9.06. The van der Waals surface area contributed by atoms with Crippen LogP contribution in [0.25, 0.3) is 0 Å². The molecule has 0 aliphatic carbocycles. The number of benzene rings is 2. The molecule has 26 heavy (non-hydrogen) atoms. The molecule has 0 aromatic heterocycles. The van der Waals surface area contributed by atoms with Crippen LogP contribution < -0.4 is 4.74 Å². The second-order valence-corrected chi connectivity index (χ2v) is 6.52. The molecule has 6 heteroatoms. The van der Waals surface area contributed by atoms with Crippen molar-refractivity contribution in [2.45, 2.75) is 6.42 Å². The van der Waals surface area contributed by atoms with E-state index in [0.29, 0.717) is 6.61 Å². The van der Waals surface area contributed by atoms with Crippen molar-refractivity contribution < 1.29 is 9.66 Å². The van der Waals surface area contributed by atoms with Gasteiger partial charge in [-0.2, -0.15) is 0 Å². The van der Waals surface area contributed by atoms with Crippen molar-refractivity contribution in [3.05, 3.63) is 70.3 Å². The number of non-ortho nitro benzene ring substituents is 1. The normalized spacial score (nSPS) is 15.7. The second kappa shape index (κ2) is 9.31. The fraction of sp³-hybridized carbons (Fsp3) is 0.400. The summed E-state index contributed by atoms with van der Waals surface area (Å²) in [4.78, 5) is 15.2. The molecule has 1 aliphatic rings. The van der Waals surface area contributed by atoms with Gasteiger partial charge in [0.2, 0.25) is 0 Å². The molecule has 0 N–H and O–H groups in total. The lowest BCUT2D eigenvalue weighted by molar-refractivity contribution is -0.384. The van der Waals surface area contributed by atoms with Gasteiger partial charge in [0, 0.05) is 51.4 Å². The molecule has 0 radical (unpaired) electrons. The summed E-state index contributed by atoms with van der Waals surface area (Å²) in [6.07, 6.45) is 0.926. The van der Waals surface area contributed by atoms with Gasteiger partial charge in [-0.05, 0) is 24.1 Å². The third-order valence-electron chi connectivity index (χ3n) is 4.75. The van der Waals surface area contributed by atoms with Crippen molar-refractivity contribution in [1.29, 1.82) is 0 Å². The molecular weight excluding hydrogens is 330 g/mol. The summed E-state index contributed by atoms with van der Waals surface area (Å²) in [7, 11) is 0. The van der Waals surface area contributed by atoms with Crippen LogP contribution in [0.4, 0.5) is 5.69 Å². The highest BCUT2D eigenvalue weighted by atomic mass is 16.6. The molecule has 138 valence electrons. The van der Waals surface area contributed by atoms with E-state index in [-0.39, 0.29) is 10.6 Å². The molecule has 1 heterocycles.